The van der Waals surface area contributed by atoms with E-state index in [0.29, 0.717) is 5.92 Å². The third kappa shape index (κ3) is 2.80. The molecule has 1 aliphatic rings. The van der Waals surface area contributed by atoms with Crippen molar-refractivity contribution in [1.29, 1.82) is 0 Å². The molecule has 120 valence electrons. The van der Waals surface area contributed by atoms with E-state index in [2.05, 4.69) is 80.4 Å². The maximum atomic E-state index is 5.27. The monoisotopic (exact) mass is 442 g/mol. The van der Waals surface area contributed by atoms with E-state index in [0.717, 1.165) is 21.1 Å². The highest BCUT2D eigenvalue weighted by Gasteiger charge is 2.29. The molecule has 24 heavy (non-hydrogen) atoms. The van der Waals surface area contributed by atoms with Gasteiger partial charge in [0.05, 0.1) is 7.11 Å². The number of fused-ring (bicyclic) bond motifs is 3. The molecule has 3 aromatic carbocycles. The predicted octanol–water partition coefficient (Wildman–Crippen LogP) is 6.58. The van der Waals surface area contributed by atoms with Gasteiger partial charge in [0.2, 0.25) is 0 Å². The maximum absolute atomic E-state index is 5.27. The molecule has 0 saturated heterocycles. The van der Waals surface area contributed by atoms with Crippen LogP contribution < -0.4 is 4.74 Å². The van der Waals surface area contributed by atoms with E-state index in [4.69, 9.17) is 4.74 Å². The van der Waals surface area contributed by atoms with E-state index in [9.17, 15) is 0 Å². The van der Waals surface area contributed by atoms with Crippen LogP contribution in [0.4, 0.5) is 0 Å². The molecule has 0 aliphatic heterocycles. The minimum atomic E-state index is 0.374. The summed E-state index contributed by atoms with van der Waals surface area (Å²) in [5.41, 5.74) is 6.81. The van der Waals surface area contributed by atoms with E-state index in [1.165, 1.54) is 27.8 Å². The molecule has 0 spiro atoms. The topological polar surface area (TPSA) is 9.23 Å². The fraction of sp³-hybridized carbons (Fsp3) is 0.143. The summed E-state index contributed by atoms with van der Waals surface area (Å²) in [6.07, 6.45) is 0.983. The zero-order valence-corrected chi connectivity index (χ0v) is 16.4. The van der Waals surface area contributed by atoms with Gasteiger partial charge in [-0.1, -0.05) is 56.1 Å². The van der Waals surface area contributed by atoms with Gasteiger partial charge >= 0.3 is 0 Å². The molecule has 0 heterocycles. The molecule has 0 unspecified atom stereocenters. The molecule has 1 aliphatic carbocycles. The second-order valence-corrected chi connectivity index (χ2v) is 7.90. The van der Waals surface area contributed by atoms with Crippen LogP contribution in [-0.2, 0) is 6.42 Å². The van der Waals surface area contributed by atoms with Gasteiger partial charge in [-0.3, -0.25) is 0 Å². The van der Waals surface area contributed by atoms with Crippen molar-refractivity contribution in [3.05, 3.63) is 86.3 Å². The average Bonchev–Trinajstić information content (AvgIpc) is 2.88. The molecule has 4 rings (SSSR count). The van der Waals surface area contributed by atoms with Gasteiger partial charge in [-0.15, -0.1) is 0 Å². The van der Waals surface area contributed by atoms with Crippen LogP contribution in [0.25, 0.3) is 11.1 Å². The van der Waals surface area contributed by atoms with E-state index in [1.807, 2.05) is 12.1 Å². The summed E-state index contributed by atoms with van der Waals surface area (Å²) in [5, 5.41) is 0. The zero-order chi connectivity index (χ0) is 16.7. The van der Waals surface area contributed by atoms with E-state index in [-0.39, 0.29) is 0 Å². The summed E-state index contributed by atoms with van der Waals surface area (Å²) in [6, 6.07) is 21.6. The summed E-state index contributed by atoms with van der Waals surface area (Å²) in [5.74, 6) is 1.27. The third-order valence-corrected chi connectivity index (χ3v) is 5.65. The Morgan fingerprint density at radius 1 is 0.792 bits per heavy atom. The van der Waals surface area contributed by atoms with Crippen molar-refractivity contribution in [1.82, 2.24) is 0 Å². The quantitative estimate of drug-likeness (QED) is 0.444. The maximum Gasteiger partial charge on any atom is 0.118 e. The Labute approximate surface area is 158 Å². The number of ether oxygens (including phenoxy) is 1. The van der Waals surface area contributed by atoms with E-state index >= 15 is 0 Å². The normalized spacial score (nSPS) is 12.8. The molecule has 0 atom stereocenters. The number of hydrogen-bond acceptors (Lipinski definition) is 1. The molecule has 1 nitrogen and oxygen atoms in total. The van der Waals surface area contributed by atoms with Crippen LogP contribution in [0.15, 0.2) is 69.6 Å². The second kappa shape index (κ2) is 6.38. The van der Waals surface area contributed by atoms with Crippen LogP contribution in [0.1, 0.15) is 22.6 Å². The zero-order valence-electron chi connectivity index (χ0n) is 13.2. The largest absolute Gasteiger partial charge is 0.497 e. The lowest BCUT2D eigenvalue weighted by Crippen LogP contribution is -2.01. The summed E-state index contributed by atoms with van der Waals surface area (Å²) >= 11 is 7.26. The smallest absolute Gasteiger partial charge is 0.118 e. The number of hydrogen-bond donors (Lipinski definition) is 0. The van der Waals surface area contributed by atoms with Crippen LogP contribution in [0.3, 0.4) is 0 Å². The van der Waals surface area contributed by atoms with Crippen LogP contribution in [0, 0.1) is 0 Å². The lowest BCUT2D eigenvalue weighted by atomic mass is 9.90. The number of benzene rings is 3. The molecule has 0 aromatic heterocycles. The highest BCUT2D eigenvalue weighted by atomic mass is 79.9. The molecular weight excluding hydrogens is 428 g/mol. The van der Waals surface area contributed by atoms with Crippen LogP contribution in [0.2, 0.25) is 0 Å². The molecule has 3 heteroatoms. The lowest BCUT2D eigenvalue weighted by molar-refractivity contribution is 0.414. The lowest BCUT2D eigenvalue weighted by Gasteiger charge is -2.15. The van der Waals surface area contributed by atoms with E-state index in [1.54, 1.807) is 7.11 Å². The first kappa shape index (κ1) is 15.9. The Bertz CT molecular complexity index is 849. The van der Waals surface area contributed by atoms with Crippen molar-refractivity contribution in [2.45, 2.75) is 12.3 Å². The first-order valence-corrected chi connectivity index (χ1v) is 9.46. The van der Waals surface area contributed by atoms with Gasteiger partial charge in [0.15, 0.2) is 0 Å². The molecule has 0 bridgehead atoms. The minimum Gasteiger partial charge on any atom is -0.497 e. The van der Waals surface area contributed by atoms with Gasteiger partial charge in [0.1, 0.15) is 5.75 Å². The number of rotatable bonds is 3. The van der Waals surface area contributed by atoms with Crippen molar-refractivity contribution in [2.24, 2.45) is 0 Å². The first-order chi connectivity index (χ1) is 11.7. The van der Waals surface area contributed by atoms with E-state index < -0.39 is 0 Å². The summed E-state index contributed by atoms with van der Waals surface area (Å²) < 4.78 is 7.54. The highest BCUT2D eigenvalue weighted by Crippen LogP contribution is 2.47. The van der Waals surface area contributed by atoms with Gasteiger partial charge in [0, 0.05) is 14.9 Å². The molecule has 0 fully saturated rings. The van der Waals surface area contributed by atoms with Crippen molar-refractivity contribution in [2.75, 3.05) is 7.11 Å². The standard InChI is InChI=1S/C21H16Br2O/c1-24-16-6-2-13(3-7-16)10-19-20-11-14(22)4-8-17(20)18-9-5-15(23)12-21(18)19/h2-9,11-12,19H,10H2,1H3. The van der Waals surface area contributed by atoms with Gasteiger partial charge in [-0.05, 0) is 70.6 Å². The fourth-order valence-corrected chi connectivity index (χ4v) is 4.28. The number of halogens is 2. The molecular formula is C21H16Br2O. The third-order valence-electron chi connectivity index (χ3n) is 4.67. The molecule has 0 amide bonds. The molecule has 0 radical (unpaired) electrons. The van der Waals surface area contributed by atoms with Gasteiger partial charge < -0.3 is 4.74 Å². The second-order valence-electron chi connectivity index (χ2n) is 6.07. The summed E-state index contributed by atoms with van der Waals surface area (Å²) in [4.78, 5) is 0. The predicted molar refractivity (Wildman–Crippen MR) is 106 cm³/mol. The fourth-order valence-electron chi connectivity index (χ4n) is 3.52. The summed E-state index contributed by atoms with van der Waals surface area (Å²) in [7, 11) is 1.70. The number of methoxy groups -OCH3 is 1. The Hall–Kier alpha value is -1.58. The van der Waals surface area contributed by atoms with Crippen molar-refractivity contribution >= 4 is 31.9 Å². The Kier molecular flexibility index (Phi) is 4.23. The van der Waals surface area contributed by atoms with Crippen LogP contribution >= 0.6 is 31.9 Å². The Morgan fingerprint density at radius 3 is 1.83 bits per heavy atom. The molecule has 3 aromatic rings. The average molecular weight is 444 g/mol. The van der Waals surface area contributed by atoms with Gasteiger partial charge in [-0.25, -0.2) is 0 Å². The van der Waals surface area contributed by atoms with Gasteiger partial charge in [-0.2, -0.15) is 0 Å². The Morgan fingerprint density at radius 2 is 1.33 bits per heavy atom. The SMILES string of the molecule is COc1ccc(CC2c3cc(Br)ccc3-c3ccc(Br)cc32)cc1. The van der Waals surface area contributed by atoms with Crippen molar-refractivity contribution in [3.8, 4) is 16.9 Å². The van der Waals surface area contributed by atoms with Crippen molar-refractivity contribution < 1.29 is 4.74 Å². The van der Waals surface area contributed by atoms with Crippen LogP contribution in [-0.4, -0.2) is 7.11 Å². The van der Waals surface area contributed by atoms with Gasteiger partial charge in [0.25, 0.3) is 0 Å². The Balaban J connectivity index is 1.79. The first-order valence-electron chi connectivity index (χ1n) is 7.88. The summed E-state index contributed by atoms with van der Waals surface area (Å²) in [6.45, 7) is 0. The van der Waals surface area contributed by atoms with Crippen molar-refractivity contribution in [3.63, 3.8) is 0 Å². The molecule has 0 saturated carbocycles. The minimum absolute atomic E-state index is 0.374. The molecule has 0 N–H and O–H groups in total. The highest BCUT2D eigenvalue weighted by molar-refractivity contribution is 9.10. The van der Waals surface area contributed by atoms with Crippen LogP contribution in [0.5, 0.6) is 5.75 Å².